The molecule has 4 nitrogen and oxygen atoms in total. The molecular formula is C13H17NO3. The van der Waals surface area contributed by atoms with Crippen LogP contribution in [0.1, 0.15) is 24.4 Å². The first kappa shape index (κ1) is 12.1. The monoisotopic (exact) mass is 235 g/mol. The molecule has 0 aliphatic heterocycles. The van der Waals surface area contributed by atoms with Crippen LogP contribution in [0.5, 0.6) is 0 Å². The van der Waals surface area contributed by atoms with E-state index >= 15 is 0 Å². The molecule has 0 radical (unpaired) electrons. The highest BCUT2D eigenvalue weighted by molar-refractivity contribution is 5.72. The van der Waals surface area contributed by atoms with Crippen LogP contribution in [0.2, 0.25) is 0 Å². The molecule has 3 N–H and O–H groups in total. The van der Waals surface area contributed by atoms with Crippen molar-refractivity contribution in [2.24, 2.45) is 5.92 Å². The molecule has 0 bridgehead atoms. The van der Waals surface area contributed by atoms with E-state index in [4.69, 9.17) is 5.11 Å². The molecule has 1 fully saturated rings. The zero-order chi connectivity index (χ0) is 12.3. The van der Waals surface area contributed by atoms with Gasteiger partial charge in [0, 0.05) is 6.04 Å². The van der Waals surface area contributed by atoms with Gasteiger partial charge in [-0.3, -0.25) is 4.79 Å². The highest BCUT2D eigenvalue weighted by Gasteiger charge is 2.37. The van der Waals surface area contributed by atoms with Crippen molar-refractivity contribution in [1.82, 2.24) is 5.32 Å². The molecule has 1 aliphatic rings. The Bertz CT molecular complexity index is 380. The topological polar surface area (TPSA) is 69.6 Å². The molecule has 0 amide bonds. The molecule has 3 unspecified atom stereocenters. The van der Waals surface area contributed by atoms with Crippen LogP contribution in [0.25, 0.3) is 0 Å². The highest BCUT2D eigenvalue weighted by Crippen LogP contribution is 2.29. The summed E-state index contributed by atoms with van der Waals surface area (Å²) in [6.07, 6.45) is 1.58. The van der Waals surface area contributed by atoms with E-state index in [-0.39, 0.29) is 24.6 Å². The van der Waals surface area contributed by atoms with Crippen molar-refractivity contribution in [2.75, 3.05) is 6.61 Å². The van der Waals surface area contributed by atoms with Gasteiger partial charge in [0.05, 0.1) is 18.6 Å². The van der Waals surface area contributed by atoms with Gasteiger partial charge in [-0.25, -0.2) is 0 Å². The van der Waals surface area contributed by atoms with E-state index in [1.807, 2.05) is 30.3 Å². The predicted octanol–water partition coefficient (Wildman–Crippen LogP) is 1.17. The number of aliphatic carboxylic acids is 1. The minimum Gasteiger partial charge on any atom is -0.481 e. The van der Waals surface area contributed by atoms with Gasteiger partial charge in [-0.05, 0) is 18.4 Å². The lowest BCUT2D eigenvalue weighted by Gasteiger charge is -2.36. The molecule has 2 rings (SSSR count). The Hall–Kier alpha value is -1.39. The van der Waals surface area contributed by atoms with Crippen LogP contribution in [0.4, 0.5) is 0 Å². The van der Waals surface area contributed by atoms with Gasteiger partial charge < -0.3 is 15.5 Å². The summed E-state index contributed by atoms with van der Waals surface area (Å²) in [5, 5.41) is 21.5. The SMILES string of the molecule is O=C(O)C1CCC1NC(CO)c1ccccc1. The van der Waals surface area contributed by atoms with Gasteiger partial charge in [0.25, 0.3) is 0 Å². The Labute approximate surface area is 100 Å². The van der Waals surface area contributed by atoms with E-state index in [1.54, 1.807) is 0 Å². The van der Waals surface area contributed by atoms with Crippen molar-refractivity contribution in [2.45, 2.75) is 24.9 Å². The van der Waals surface area contributed by atoms with Crippen molar-refractivity contribution in [3.63, 3.8) is 0 Å². The van der Waals surface area contributed by atoms with Crippen LogP contribution in [0, 0.1) is 5.92 Å². The standard InChI is InChI=1S/C13H17NO3/c15-8-12(9-4-2-1-3-5-9)14-11-7-6-10(11)13(16)17/h1-5,10-12,14-15H,6-8H2,(H,16,17). The van der Waals surface area contributed by atoms with E-state index in [0.717, 1.165) is 18.4 Å². The second-order valence-corrected chi connectivity index (χ2v) is 4.44. The number of carboxylic acid groups (broad SMARTS) is 1. The zero-order valence-electron chi connectivity index (χ0n) is 9.54. The van der Waals surface area contributed by atoms with E-state index in [9.17, 15) is 9.90 Å². The van der Waals surface area contributed by atoms with Crippen LogP contribution in [-0.4, -0.2) is 28.8 Å². The number of aliphatic hydroxyl groups excluding tert-OH is 1. The van der Waals surface area contributed by atoms with Crippen molar-refractivity contribution in [3.05, 3.63) is 35.9 Å². The maximum absolute atomic E-state index is 10.9. The summed E-state index contributed by atoms with van der Waals surface area (Å²) in [5.41, 5.74) is 0.992. The van der Waals surface area contributed by atoms with Crippen molar-refractivity contribution in [3.8, 4) is 0 Å². The van der Waals surface area contributed by atoms with Gasteiger partial charge in [-0.15, -0.1) is 0 Å². The van der Waals surface area contributed by atoms with E-state index in [0.29, 0.717) is 0 Å². The molecule has 0 aromatic heterocycles. The molecule has 4 heteroatoms. The van der Waals surface area contributed by atoms with Gasteiger partial charge in [0.15, 0.2) is 0 Å². The second-order valence-electron chi connectivity index (χ2n) is 4.44. The smallest absolute Gasteiger partial charge is 0.308 e. The Kier molecular flexibility index (Phi) is 3.76. The number of hydrogen-bond donors (Lipinski definition) is 3. The third-order valence-corrected chi connectivity index (χ3v) is 3.39. The maximum atomic E-state index is 10.9. The summed E-state index contributed by atoms with van der Waals surface area (Å²) in [6.45, 7) is -0.0210. The first-order valence-electron chi connectivity index (χ1n) is 5.87. The van der Waals surface area contributed by atoms with E-state index in [1.165, 1.54) is 0 Å². The fraction of sp³-hybridized carbons (Fsp3) is 0.462. The molecule has 0 spiro atoms. The van der Waals surface area contributed by atoms with Crippen LogP contribution in [-0.2, 0) is 4.79 Å². The normalized spacial score (nSPS) is 25.0. The molecule has 92 valence electrons. The fourth-order valence-corrected chi connectivity index (χ4v) is 2.19. The molecule has 0 heterocycles. The molecule has 1 aromatic carbocycles. The summed E-state index contributed by atoms with van der Waals surface area (Å²) in [5.74, 6) is -1.06. The number of aliphatic hydroxyl groups is 1. The van der Waals surface area contributed by atoms with Gasteiger partial charge in [-0.2, -0.15) is 0 Å². The Balaban J connectivity index is 1.99. The largest absolute Gasteiger partial charge is 0.481 e. The summed E-state index contributed by atoms with van der Waals surface area (Å²) < 4.78 is 0. The Morgan fingerprint density at radius 2 is 2.06 bits per heavy atom. The van der Waals surface area contributed by atoms with Crippen molar-refractivity contribution < 1.29 is 15.0 Å². The first-order chi connectivity index (χ1) is 8.22. The molecular weight excluding hydrogens is 218 g/mol. The predicted molar refractivity (Wildman–Crippen MR) is 63.6 cm³/mol. The van der Waals surface area contributed by atoms with Crippen molar-refractivity contribution in [1.29, 1.82) is 0 Å². The average Bonchev–Trinajstić information content (AvgIpc) is 2.29. The summed E-state index contributed by atoms with van der Waals surface area (Å²) >= 11 is 0. The molecule has 1 aromatic rings. The van der Waals surface area contributed by atoms with Crippen molar-refractivity contribution >= 4 is 5.97 Å². The quantitative estimate of drug-likeness (QED) is 0.716. The summed E-state index contributed by atoms with van der Waals surface area (Å²) in [7, 11) is 0. The third kappa shape index (κ3) is 2.65. The third-order valence-electron chi connectivity index (χ3n) is 3.39. The van der Waals surface area contributed by atoms with Crippen LogP contribution in [0.3, 0.4) is 0 Å². The zero-order valence-corrected chi connectivity index (χ0v) is 9.54. The summed E-state index contributed by atoms with van der Waals surface area (Å²) in [6, 6.07) is 9.41. The highest BCUT2D eigenvalue weighted by atomic mass is 16.4. The molecule has 0 saturated heterocycles. The van der Waals surface area contributed by atoms with E-state index < -0.39 is 5.97 Å². The van der Waals surface area contributed by atoms with Gasteiger partial charge in [0.1, 0.15) is 0 Å². The molecule has 17 heavy (non-hydrogen) atoms. The summed E-state index contributed by atoms with van der Waals surface area (Å²) in [4.78, 5) is 10.9. The first-order valence-corrected chi connectivity index (χ1v) is 5.87. The van der Waals surface area contributed by atoms with Crippen LogP contribution >= 0.6 is 0 Å². The minimum atomic E-state index is -0.751. The van der Waals surface area contributed by atoms with Gasteiger partial charge in [-0.1, -0.05) is 30.3 Å². The number of carboxylic acids is 1. The molecule has 3 atom stereocenters. The molecule has 1 aliphatic carbocycles. The number of benzene rings is 1. The van der Waals surface area contributed by atoms with E-state index in [2.05, 4.69) is 5.32 Å². The number of carbonyl (C=O) groups is 1. The number of hydrogen-bond acceptors (Lipinski definition) is 3. The maximum Gasteiger partial charge on any atom is 0.308 e. The van der Waals surface area contributed by atoms with Crippen LogP contribution < -0.4 is 5.32 Å². The Morgan fingerprint density at radius 3 is 2.53 bits per heavy atom. The average molecular weight is 235 g/mol. The lowest BCUT2D eigenvalue weighted by atomic mass is 9.79. The van der Waals surface area contributed by atoms with Gasteiger partial charge in [0.2, 0.25) is 0 Å². The lowest BCUT2D eigenvalue weighted by Crippen LogP contribution is -2.49. The lowest BCUT2D eigenvalue weighted by molar-refractivity contribution is -0.146. The second kappa shape index (κ2) is 5.29. The fourth-order valence-electron chi connectivity index (χ4n) is 2.19. The Morgan fingerprint density at radius 1 is 1.35 bits per heavy atom. The minimum absolute atomic E-state index is 0.0210. The van der Waals surface area contributed by atoms with Crippen LogP contribution in [0.15, 0.2) is 30.3 Å². The number of nitrogens with one attached hydrogen (secondary N) is 1. The van der Waals surface area contributed by atoms with Gasteiger partial charge >= 0.3 is 5.97 Å². The molecule has 1 saturated carbocycles. The number of rotatable bonds is 5.